The third-order valence-electron chi connectivity index (χ3n) is 4.48. The van der Waals surface area contributed by atoms with Crippen LogP contribution in [0.15, 0.2) is 23.1 Å². The SMILES string of the molecule is COc1ccc(OC)c(S(=O)(=O)NCc2n[nH]c3c2CCCCC3)c1. The quantitative estimate of drug-likeness (QED) is 0.765. The zero-order chi connectivity index (χ0) is 17.9. The number of sulfonamides is 1. The van der Waals surface area contributed by atoms with Crippen molar-refractivity contribution in [1.82, 2.24) is 14.9 Å². The molecule has 0 aliphatic heterocycles. The van der Waals surface area contributed by atoms with Crippen molar-refractivity contribution in [2.75, 3.05) is 14.2 Å². The summed E-state index contributed by atoms with van der Waals surface area (Å²) in [6.45, 7) is 0.147. The third kappa shape index (κ3) is 3.80. The van der Waals surface area contributed by atoms with Crippen LogP contribution in [0.3, 0.4) is 0 Å². The van der Waals surface area contributed by atoms with Crippen LogP contribution >= 0.6 is 0 Å². The van der Waals surface area contributed by atoms with Crippen LogP contribution in [0.4, 0.5) is 0 Å². The second-order valence-corrected chi connectivity index (χ2v) is 7.76. The van der Waals surface area contributed by atoms with E-state index in [1.165, 1.54) is 26.7 Å². The lowest BCUT2D eigenvalue weighted by atomic mass is 10.1. The van der Waals surface area contributed by atoms with Gasteiger partial charge in [0, 0.05) is 11.8 Å². The number of aromatic nitrogens is 2. The van der Waals surface area contributed by atoms with Crippen LogP contribution in [0.2, 0.25) is 0 Å². The van der Waals surface area contributed by atoms with E-state index in [1.807, 2.05) is 0 Å². The van der Waals surface area contributed by atoms with Crippen LogP contribution in [0, 0.1) is 0 Å². The third-order valence-corrected chi connectivity index (χ3v) is 5.90. The molecule has 1 aromatic carbocycles. The highest BCUT2D eigenvalue weighted by Gasteiger charge is 2.22. The van der Waals surface area contributed by atoms with E-state index < -0.39 is 10.0 Å². The van der Waals surface area contributed by atoms with Crippen molar-refractivity contribution < 1.29 is 17.9 Å². The average Bonchev–Trinajstić information content (AvgIpc) is 2.85. The van der Waals surface area contributed by atoms with E-state index in [0.717, 1.165) is 42.6 Å². The van der Waals surface area contributed by atoms with Crippen molar-refractivity contribution in [1.29, 1.82) is 0 Å². The summed E-state index contributed by atoms with van der Waals surface area (Å²) in [5.41, 5.74) is 3.05. The van der Waals surface area contributed by atoms with Crippen LogP contribution in [0.5, 0.6) is 11.5 Å². The molecule has 7 nitrogen and oxygen atoms in total. The number of aromatic amines is 1. The maximum Gasteiger partial charge on any atom is 0.244 e. The Morgan fingerprint density at radius 2 is 1.96 bits per heavy atom. The van der Waals surface area contributed by atoms with Crippen molar-refractivity contribution in [2.24, 2.45) is 0 Å². The first kappa shape index (κ1) is 17.8. The van der Waals surface area contributed by atoms with E-state index in [9.17, 15) is 8.42 Å². The van der Waals surface area contributed by atoms with Gasteiger partial charge in [0.1, 0.15) is 16.4 Å². The number of methoxy groups -OCH3 is 2. The number of nitrogens with zero attached hydrogens (tertiary/aromatic N) is 1. The molecule has 0 unspecified atom stereocenters. The minimum atomic E-state index is -3.76. The highest BCUT2D eigenvalue weighted by molar-refractivity contribution is 7.89. The van der Waals surface area contributed by atoms with E-state index in [2.05, 4.69) is 14.9 Å². The van der Waals surface area contributed by atoms with Crippen molar-refractivity contribution in [3.63, 3.8) is 0 Å². The lowest BCUT2D eigenvalue weighted by Gasteiger charge is -2.12. The predicted molar refractivity (Wildman–Crippen MR) is 93.4 cm³/mol. The fourth-order valence-corrected chi connectivity index (χ4v) is 4.28. The molecule has 0 atom stereocenters. The Balaban J connectivity index is 1.82. The van der Waals surface area contributed by atoms with E-state index in [-0.39, 0.29) is 17.2 Å². The Labute approximate surface area is 147 Å². The van der Waals surface area contributed by atoms with Crippen LogP contribution < -0.4 is 14.2 Å². The second kappa shape index (κ2) is 7.45. The smallest absolute Gasteiger partial charge is 0.244 e. The number of ether oxygens (including phenoxy) is 2. The number of H-pyrrole nitrogens is 1. The maximum absolute atomic E-state index is 12.7. The molecule has 136 valence electrons. The number of fused-ring (bicyclic) bond motifs is 1. The Kier molecular flexibility index (Phi) is 5.29. The number of nitrogens with one attached hydrogen (secondary N) is 2. The molecule has 25 heavy (non-hydrogen) atoms. The molecule has 1 aliphatic carbocycles. The van der Waals surface area contributed by atoms with Crippen LogP contribution in [-0.2, 0) is 29.4 Å². The average molecular weight is 365 g/mol. The number of hydrogen-bond donors (Lipinski definition) is 2. The monoisotopic (exact) mass is 365 g/mol. The van der Waals surface area contributed by atoms with Gasteiger partial charge in [0.25, 0.3) is 0 Å². The number of hydrogen-bond acceptors (Lipinski definition) is 5. The summed E-state index contributed by atoms with van der Waals surface area (Å²) in [4.78, 5) is 0.0518. The van der Waals surface area contributed by atoms with Gasteiger partial charge < -0.3 is 9.47 Å². The van der Waals surface area contributed by atoms with Gasteiger partial charge in [-0.3, -0.25) is 5.10 Å². The first-order valence-corrected chi connectivity index (χ1v) is 9.80. The molecular formula is C17H23N3O4S. The van der Waals surface area contributed by atoms with Gasteiger partial charge in [-0.25, -0.2) is 13.1 Å². The highest BCUT2D eigenvalue weighted by Crippen LogP contribution is 2.28. The largest absolute Gasteiger partial charge is 0.497 e. The van der Waals surface area contributed by atoms with Crippen molar-refractivity contribution in [3.8, 4) is 11.5 Å². The van der Waals surface area contributed by atoms with E-state index in [0.29, 0.717) is 5.75 Å². The molecule has 2 aromatic rings. The minimum absolute atomic E-state index is 0.0518. The summed E-state index contributed by atoms with van der Waals surface area (Å²) in [7, 11) is -0.827. The summed E-state index contributed by atoms with van der Waals surface area (Å²) in [5.74, 6) is 0.726. The molecule has 1 aromatic heterocycles. The summed E-state index contributed by atoms with van der Waals surface area (Å²) >= 11 is 0. The van der Waals surface area contributed by atoms with Crippen molar-refractivity contribution in [2.45, 2.75) is 43.5 Å². The number of rotatable bonds is 6. The van der Waals surface area contributed by atoms with Gasteiger partial charge >= 0.3 is 0 Å². The summed E-state index contributed by atoms with van der Waals surface area (Å²) in [6, 6.07) is 4.69. The summed E-state index contributed by atoms with van der Waals surface area (Å²) in [5, 5.41) is 7.36. The van der Waals surface area contributed by atoms with E-state index in [1.54, 1.807) is 12.1 Å². The molecular weight excluding hydrogens is 342 g/mol. The van der Waals surface area contributed by atoms with Gasteiger partial charge in [0.05, 0.1) is 26.5 Å². The Hall–Kier alpha value is -2.06. The van der Waals surface area contributed by atoms with Gasteiger partial charge in [-0.05, 0) is 43.4 Å². The first-order chi connectivity index (χ1) is 12.0. The van der Waals surface area contributed by atoms with Gasteiger partial charge in [-0.1, -0.05) is 6.42 Å². The zero-order valence-corrected chi connectivity index (χ0v) is 15.3. The fourth-order valence-electron chi connectivity index (χ4n) is 3.11. The summed E-state index contributed by atoms with van der Waals surface area (Å²) in [6.07, 6.45) is 5.34. The highest BCUT2D eigenvalue weighted by atomic mass is 32.2. The predicted octanol–water partition coefficient (Wildman–Crippen LogP) is 2.17. The van der Waals surface area contributed by atoms with E-state index in [4.69, 9.17) is 9.47 Å². The van der Waals surface area contributed by atoms with Gasteiger partial charge in [-0.15, -0.1) is 0 Å². The number of benzene rings is 1. The lowest BCUT2D eigenvalue weighted by molar-refractivity contribution is 0.392. The van der Waals surface area contributed by atoms with Gasteiger partial charge in [-0.2, -0.15) is 5.10 Å². The van der Waals surface area contributed by atoms with Crippen molar-refractivity contribution >= 4 is 10.0 Å². The van der Waals surface area contributed by atoms with Crippen LogP contribution in [0.25, 0.3) is 0 Å². The molecule has 8 heteroatoms. The molecule has 0 amide bonds. The molecule has 2 N–H and O–H groups in total. The molecule has 0 radical (unpaired) electrons. The molecule has 0 saturated heterocycles. The summed E-state index contributed by atoms with van der Waals surface area (Å²) < 4.78 is 38.4. The standard InChI is InChI=1S/C17H23N3O4S/c1-23-12-8-9-16(24-2)17(10-12)25(21,22)18-11-15-13-6-4-3-5-7-14(13)19-20-15/h8-10,18H,3-7,11H2,1-2H3,(H,19,20). The first-order valence-electron chi connectivity index (χ1n) is 8.32. The molecule has 1 aliphatic rings. The number of aryl methyl sites for hydroxylation is 1. The topological polar surface area (TPSA) is 93.3 Å². The Morgan fingerprint density at radius 1 is 1.16 bits per heavy atom. The Bertz CT molecular complexity index is 846. The molecule has 0 bridgehead atoms. The van der Waals surface area contributed by atoms with E-state index >= 15 is 0 Å². The minimum Gasteiger partial charge on any atom is -0.497 e. The fraction of sp³-hybridized carbons (Fsp3) is 0.471. The zero-order valence-electron chi connectivity index (χ0n) is 14.5. The molecule has 0 spiro atoms. The second-order valence-electron chi connectivity index (χ2n) is 6.03. The molecule has 0 fully saturated rings. The van der Waals surface area contributed by atoms with Gasteiger partial charge in [0.2, 0.25) is 10.0 Å². The van der Waals surface area contributed by atoms with Crippen LogP contribution in [-0.4, -0.2) is 32.8 Å². The maximum atomic E-state index is 12.7. The lowest BCUT2D eigenvalue weighted by Crippen LogP contribution is -2.24. The molecule has 1 heterocycles. The molecule has 0 saturated carbocycles. The van der Waals surface area contributed by atoms with Crippen molar-refractivity contribution in [3.05, 3.63) is 35.2 Å². The normalized spacial score (nSPS) is 14.6. The van der Waals surface area contributed by atoms with Crippen LogP contribution in [0.1, 0.15) is 36.2 Å². The Morgan fingerprint density at radius 3 is 2.72 bits per heavy atom. The van der Waals surface area contributed by atoms with Gasteiger partial charge in [0.15, 0.2) is 0 Å². The molecule has 3 rings (SSSR count).